The van der Waals surface area contributed by atoms with Gasteiger partial charge in [0.15, 0.2) is 5.60 Å². The summed E-state index contributed by atoms with van der Waals surface area (Å²) in [5.41, 5.74) is 4.48. The van der Waals surface area contributed by atoms with Crippen molar-refractivity contribution >= 4 is 22.8 Å². The zero-order valence-electron chi connectivity index (χ0n) is 9.63. The Bertz CT molecular complexity index is 610. The van der Waals surface area contributed by atoms with Gasteiger partial charge < -0.3 is 20.7 Å². The lowest BCUT2D eigenvalue weighted by atomic mass is 10.0. The molecule has 2 aromatic heterocycles. The van der Waals surface area contributed by atoms with Gasteiger partial charge in [-0.15, -0.1) is 0 Å². The number of nitrogens with two attached hydrogens (primary N) is 1. The molecule has 0 aliphatic carbocycles. The number of primary amides is 1. The summed E-state index contributed by atoms with van der Waals surface area (Å²) in [5, 5.41) is 10.9. The molecule has 3 heterocycles. The number of hydrogen-bond donors (Lipinski definition) is 3. The highest BCUT2D eigenvalue weighted by atomic mass is 16.3. The molecule has 4 N–H and O–H groups in total. The molecule has 0 spiro atoms. The second kappa shape index (κ2) is 3.67. The number of aliphatic hydroxyl groups is 1. The van der Waals surface area contributed by atoms with Crippen molar-refractivity contribution in [3.05, 3.63) is 18.6 Å². The minimum Gasteiger partial charge on any atom is -0.378 e. The van der Waals surface area contributed by atoms with E-state index in [1.165, 1.54) is 6.33 Å². The van der Waals surface area contributed by atoms with Crippen LogP contribution >= 0.6 is 0 Å². The normalized spacial score (nSPS) is 23.7. The number of H-pyrrole nitrogens is 1. The molecule has 1 aliphatic heterocycles. The van der Waals surface area contributed by atoms with Gasteiger partial charge in [0.1, 0.15) is 17.8 Å². The molecule has 7 nitrogen and oxygen atoms in total. The summed E-state index contributed by atoms with van der Waals surface area (Å²) in [6.45, 7) is 0.705. The van der Waals surface area contributed by atoms with E-state index in [9.17, 15) is 9.90 Å². The number of β-amino-alcohol motifs (C(OH)–C–C–N with tert-alkyl or cyclic N) is 1. The number of fused-ring (bicyclic) bond motifs is 1. The van der Waals surface area contributed by atoms with Crippen molar-refractivity contribution in [1.29, 1.82) is 0 Å². The van der Waals surface area contributed by atoms with Gasteiger partial charge in [-0.3, -0.25) is 4.79 Å². The Balaban J connectivity index is 1.98. The quantitative estimate of drug-likeness (QED) is 0.655. The van der Waals surface area contributed by atoms with Crippen LogP contribution in [0.1, 0.15) is 6.42 Å². The number of rotatable bonds is 2. The lowest BCUT2D eigenvalue weighted by molar-refractivity contribution is -0.134. The maximum atomic E-state index is 11.2. The van der Waals surface area contributed by atoms with Crippen molar-refractivity contribution in [3.8, 4) is 0 Å². The third-order valence-corrected chi connectivity index (χ3v) is 3.34. The van der Waals surface area contributed by atoms with Crippen LogP contribution in [0.25, 0.3) is 11.0 Å². The first kappa shape index (κ1) is 11.0. The molecule has 94 valence electrons. The highest BCUT2D eigenvalue weighted by Crippen LogP contribution is 2.29. The Labute approximate surface area is 103 Å². The fraction of sp³-hybridized carbons (Fsp3) is 0.364. The molecule has 18 heavy (non-hydrogen) atoms. The Morgan fingerprint density at radius 2 is 2.39 bits per heavy atom. The molecule has 0 unspecified atom stereocenters. The van der Waals surface area contributed by atoms with Crippen LogP contribution in [0, 0.1) is 0 Å². The van der Waals surface area contributed by atoms with Gasteiger partial charge in [-0.05, 0) is 6.07 Å². The number of amides is 1. The Morgan fingerprint density at radius 1 is 1.56 bits per heavy atom. The van der Waals surface area contributed by atoms with E-state index in [2.05, 4.69) is 15.0 Å². The number of aromatic amines is 1. The highest BCUT2D eigenvalue weighted by Gasteiger charge is 2.42. The predicted octanol–water partition coefficient (Wildman–Crippen LogP) is -0.616. The van der Waals surface area contributed by atoms with Crippen molar-refractivity contribution in [2.45, 2.75) is 12.0 Å². The number of carbonyl (C=O) groups excluding carboxylic acids is 1. The molecule has 3 rings (SSSR count). The Kier molecular flexibility index (Phi) is 2.24. The van der Waals surface area contributed by atoms with Crippen LogP contribution in [0.3, 0.4) is 0 Å². The van der Waals surface area contributed by atoms with E-state index in [0.717, 1.165) is 11.0 Å². The van der Waals surface area contributed by atoms with Gasteiger partial charge in [-0.2, -0.15) is 0 Å². The number of nitrogens with zero attached hydrogens (tertiary/aromatic N) is 3. The minimum atomic E-state index is -1.46. The molecule has 1 atom stereocenters. The first-order chi connectivity index (χ1) is 8.60. The van der Waals surface area contributed by atoms with E-state index in [-0.39, 0.29) is 6.54 Å². The van der Waals surface area contributed by atoms with Gasteiger partial charge in [-0.1, -0.05) is 0 Å². The number of carbonyl (C=O) groups is 1. The summed E-state index contributed by atoms with van der Waals surface area (Å²) in [6.07, 6.45) is 3.55. The fourth-order valence-electron chi connectivity index (χ4n) is 2.29. The van der Waals surface area contributed by atoms with Gasteiger partial charge in [-0.25, -0.2) is 9.97 Å². The van der Waals surface area contributed by atoms with Gasteiger partial charge in [0.2, 0.25) is 0 Å². The molecule has 1 amide bonds. The van der Waals surface area contributed by atoms with Crippen LogP contribution in [0.5, 0.6) is 0 Å². The monoisotopic (exact) mass is 247 g/mol. The lowest BCUT2D eigenvalue weighted by Gasteiger charge is -2.21. The zero-order chi connectivity index (χ0) is 12.8. The highest BCUT2D eigenvalue weighted by molar-refractivity contribution is 5.89. The maximum absolute atomic E-state index is 11.2. The van der Waals surface area contributed by atoms with Crippen molar-refractivity contribution in [1.82, 2.24) is 15.0 Å². The molecule has 1 saturated heterocycles. The molecular formula is C11H13N5O2. The molecule has 1 aliphatic rings. The summed E-state index contributed by atoms with van der Waals surface area (Å²) < 4.78 is 0. The molecule has 0 saturated carbocycles. The van der Waals surface area contributed by atoms with Crippen LogP contribution in [0.2, 0.25) is 0 Å². The summed E-state index contributed by atoms with van der Waals surface area (Å²) in [7, 11) is 0. The first-order valence-electron chi connectivity index (χ1n) is 5.65. The lowest BCUT2D eigenvalue weighted by Crippen LogP contribution is -2.46. The van der Waals surface area contributed by atoms with Crippen molar-refractivity contribution in [3.63, 3.8) is 0 Å². The Morgan fingerprint density at radius 3 is 3.11 bits per heavy atom. The van der Waals surface area contributed by atoms with Crippen LogP contribution in [-0.4, -0.2) is 44.7 Å². The van der Waals surface area contributed by atoms with Crippen molar-refractivity contribution < 1.29 is 9.90 Å². The average Bonchev–Trinajstić information content (AvgIpc) is 2.95. The minimum absolute atomic E-state index is 0.166. The zero-order valence-corrected chi connectivity index (χ0v) is 9.63. The van der Waals surface area contributed by atoms with E-state index in [1.807, 2.05) is 11.0 Å². The largest absolute Gasteiger partial charge is 0.378 e. The topological polar surface area (TPSA) is 108 Å². The van der Waals surface area contributed by atoms with Crippen LogP contribution in [0.4, 0.5) is 5.82 Å². The van der Waals surface area contributed by atoms with E-state index >= 15 is 0 Å². The third-order valence-electron chi connectivity index (χ3n) is 3.34. The van der Waals surface area contributed by atoms with E-state index in [1.54, 1.807) is 6.20 Å². The third kappa shape index (κ3) is 1.52. The molecule has 0 radical (unpaired) electrons. The van der Waals surface area contributed by atoms with Gasteiger partial charge >= 0.3 is 0 Å². The standard InChI is InChI=1S/C11H13N5O2/c12-10(17)11(18)2-4-16(5-11)9-7-1-3-13-8(7)14-6-15-9/h1,3,6,18H,2,4-5H2,(H2,12,17)(H,13,14,15)/t11-/m1/s1. The van der Waals surface area contributed by atoms with Crippen molar-refractivity contribution in [2.24, 2.45) is 5.73 Å². The maximum Gasteiger partial charge on any atom is 0.251 e. The summed E-state index contributed by atoms with van der Waals surface area (Å²) in [4.78, 5) is 24.4. The van der Waals surface area contributed by atoms with Gasteiger partial charge in [0, 0.05) is 19.2 Å². The number of hydrogen-bond acceptors (Lipinski definition) is 5. The van der Waals surface area contributed by atoms with E-state index in [0.29, 0.717) is 18.8 Å². The van der Waals surface area contributed by atoms with Crippen LogP contribution < -0.4 is 10.6 Å². The van der Waals surface area contributed by atoms with Gasteiger partial charge in [0.25, 0.3) is 5.91 Å². The molecule has 2 aromatic rings. The second-order valence-corrected chi connectivity index (χ2v) is 4.50. The molecule has 7 heteroatoms. The summed E-state index contributed by atoms with van der Waals surface area (Å²) >= 11 is 0. The summed E-state index contributed by atoms with van der Waals surface area (Å²) in [6, 6.07) is 1.87. The number of aromatic nitrogens is 3. The van der Waals surface area contributed by atoms with Crippen LogP contribution in [0.15, 0.2) is 18.6 Å². The number of anilines is 1. The van der Waals surface area contributed by atoms with E-state index in [4.69, 9.17) is 5.73 Å². The molecule has 0 bridgehead atoms. The number of nitrogens with one attached hydrogen (secondary N) is 1. The first-order valence-corrected chi connectivity index (χ1v) is 5.65. The van der Waals surface area contributed by atoms with E-state index < -0.39 is 11.5 Å². The molecule has 0 aromatic carbocycles. The summed E-state index contributed by atoms with van der Waals surface area (Å²) in [5.74, 6) is 0.0165. The average molecular weight is 247 g/mol. The molecular weight excluding hydrogens is 234 g/mol. The fourth-order valence-corrected chi connectivity index (χ4v) is 2.29. The van der Waals surface area contributed by atoms with Crippen molar-refractivity contribution in [2.75, 3.05) is 18.0 Å². The smallest absolute Gasteiger partial charge is 0.251 e. The SMILES string of the molecule is NC(=O)[C@@]1(O)CCN(c2ncnc3[nH]ccc23)C1. The molecule has 1 fully saturated rings. The Hall–Kier alpha value is -2.15. The van der Waals surface area contributed by atoms with Crippen LogP contribution in [-0.2, 0) is 4.79 Å². The van der Waals surface area contributed by atoms with Gasteiger partial charge in [0.05, 0.1) is 11.9 Å². The predicted molar refractivity (Wildman–Crippen MR) is 64.9 cm³/mol. The second-order valence-electron chi connectivity index (χ2n) is 4.50.